The van der Waals surface area contributed by atoms with Crippen molar-refractivity contribution in [3.63, 3.8) is 0 Å². The minimum atomic E-state index is 0.424. The van der Waals surface area contributed by atoms with Gasteiger partial charge in [-0.3, -0.25) is 4.99 Å². The van der Waals surface area contributed by atoms with Crippen molar-refractivity contribution >= 4 is 5.71 Å². The highest BCUT2D eigenvalue weighted by atomic mass is 14.8. The molecule has 0 aromatic carbocycles. The predicted molar refractivity (Wildman–Crippen MR) is 50.1 cm³/mol. The first kappa shape index (κ1) is 8.51. The first-order valence-electron chi connectivity index (χ1n) is 4.29. The molecule has 1 heteroatoms. The topological polar surface area (TPSA) is 12.4 Å². The van der Waals surface area contributed by atoms with E-state index in [1.165, 1.54) is 16.9 Å². The Balaban J connectivity index is 2.94. The van der Waals surface area contributed by atoms with Gasteiger partial charge in [-0.2, -0.15) is 0 Å². The third kappa shape index (κ3) is 1.37. The van der Waals surface area contributed by atoms with Gasteiger partial charge in [0, 0.05) is 5.71 Å². The highest BCUT2D eigenvalue weighted by Crippen LogP contribution is 2.24. The Morgan fingerprint density at radius 2 is 1.82 bits per heavy atom. The van der Waals surface area contributed by atoms with E-state index in [0.29, 0.717) is 12.0 Å². The standard InChI is InChI=1S/C10H17N/c1-6(2)10-8(4)7(3)9(5)11-10/h6,9H,1-5H3. The fourth-order valence-corrected chi connectivity index (χ4v) is 1.50. The number of hydrogen-bond acceptors (Lipinski definition) is 1. The van der Waals surface area contributed by atoms with Crippen LogP contribution in [0.15, 0.2) is 16.1 Å². The van der Waals surface area contributed by atoms with Crippen LogP contribution in [0.25, 0.3) is 0 Å². The minimum absolute atomic E-state index is 0.424. The maximum absolute atomic E-state index is 4.59. The summed E-state index contributed by atoms with van der Waals surface area (Å²) in [6.45, 7) is 10.9. The van der Waals surface area contributed by atoms with E-state index in [4.69, 9.17) is 0 Å². The van der Waals surface area contributed by atoms with Crippen LogP contribution in [0.4, 0.5) is 0 Å². The van der Waals surface area contributed by atoms with Crippen LogP contribution in [0.2, 0.25) is 0 Å². The van der Waals surface area contributed by atoms with Gasteiger partial charge in [0.2, 0.25) is 0 Å². The highest BCUT2D eigenvalue weighted by Gasteiger charge is 2.20. The minimum Gasteiger partial charge on any atom is -0.282 e. The van der Waals surface area contributed by atoms with Crippen molar-refractivity contribution in [3.05, 3.63) is 11.1 Å². The van der Waals surface area contributed by atoms with Crippen LogP contribution in [0.1, 0.15) is 34.6 Å². The Labute approximate surface area is 69.2 Å². The molecule has 1 nitrogen and oxygen atoms in total. The van der Waals surface area contributed by atoms with Crippen LogP contribution < -0.4 is 0 Å². The van der Waals surface area contributed by atoms with Crippen LogP contribution in [0, 0.1) is 5.92 Å². The molecule has 1 aliphatic heterocycles. The lowest BCUT2D eigenvalue weighted by atomic mass is 9.99. The SMILES string of the molecule is CC1=C(C)C(C)N=C1C(C)C. The smallest absolute Gasteiger partial charge is 0.0687 e. The van der Waals surface area contributed by atoms with E-state index >= 15 is 0 Å². The van der Waals surface area contributed by atoms with Gasteiger partial charge in [-0.05, 0) is 37.8 Å². The lowest BCUT2D eigenvalue weighted by molar-refractivity contribution is 0.847. The number of hydrogen-bond donors (Lipinski definition) is 0. The summed E-state index contributed by atoms with van der Waals surface area (Å²) in [5, 5.41) is 0. The maximum Gasteiger partial charge on any atom is 0.0687 e. The van der Waals surface area contributed by atoms with Gasteiger partial charge in [-0.1, -0.05) is 13.8 Å². The van der Waals surface area contributed by atoms with Gasteiger partial charge in [0.1, 0.15) is 0 Å². The van der Waals surface area contributed by atoms with Gasteiger partial charge in [0.05, 0.1) is 6.04 Å². The zero-order valence-corrected chi connectivity index (χ0v) is 8.10. The van der Waals surface area contributed by atoms with Crippen molar-refractivity contribution in [2.24, 2.45) is 10.9 Å². The van der Waals surface area contributed by atoms with Crippen molar-refractivity contribution in [1.29, 1.82) is 0 Å². The van der Waals surface area contributed by atoms with Crippen molar-refractivity contribution in [3.8, 4) is 0 Å². The molecule has 0 saturated carbocycles. The van der Waals surface area contributed by atoms with Gasteiger partial charge in [-0.15, -0.1) is 0 Å². The summed E-state index contributed by atoms with van der Waals surface area (Å²) in [5.41, 5.74) is 4.15. The van der Waals surface area contributed by atoms with Gasteiger partial charge in [-0.25, -0.2) is 0 Å². The van der Waals surface area contributed by atoms with Crippen LogP contribution in [0.5, 0.6) is 0 Å². The van der Waals surface area contributed by atoms with Crippen LogP contribution in [-0.4, -0.2) is 11.8 Å². The summed E-state index contributed by atoms with van der Waals surface area (Å²) >= 11 is 0. The van der Waals surface area contributed by atoms with Crippen molar-refractivity contribution in [2.75, 3.05) is 0 Å². The van der Waals surface area contributed by atoms with E-state index in [-0.39, 0.29) is 0 Å². The molecule has 0 spiro atoms. The zero-order chi connectivity index (χ0) is 8.59. The Morgan fingerprint density at radius 1 is 1.27 bits per heavy atom. The number of aliphatic imine (C=N–C) groups is 1. The molecule has 0 N–H and O–H groups in total. The third-order valence-electron chi connectivity index (χ3n) is 2.48. The maximum atomic E-state index is 4.59. The molecule has 0 aromatic heterocycles. The summed E-state index contributed by atoms with van der Waals surface area (Å²) in [7, 11) is 0. The van der Waals surface area contributed by atoms with Crippen molar-refractivity contribution < 1.29 is 0 Å². The lowest BCUT2D eigenvalue weighted by Gasteiger charge is -2.05. The van der Waals surface area contributed by atoms with Crippen LogP contribution in [0.3, 0.4) is 0 Å². The molecule has 1 atom stereocenters. The van der Waals surface area contributed by atoms with Gasteiger partial charge in [0.15, 0.2) is 0 Å². The predicted octanol–water partition coefficient (Wildman–Crippen LogP) is 2.82. The summed E-state index contributed by atoms with van der Waals surface area (Å²) < 4.78 is 0. The first-order chi connectivity index (χ1) is 5.04. The molecule has 0 fully saturated rings. The van der Waals surface area contributed by atoms with E-state index in [0.717, 1.165) is 0 Å². The van der Waals surface area contributed by atoms with E-state index in [1.807, 2.05) is 0 Å². The first-order valence-corrected chi connectivity index (χ1v) is 4.29. The summed E-state index contributed by atoms with van der Waals surface area (Å²) in [5.74, 6) is 0.579. The summed E-state index contributed by atoms with van der Waals surface area (Å²) in [6, 6.07) is 0.424. The van der Waals surface area contributed by atoms with Crippen molar-refractivity contribution in [1.82, 2.24) is 0 Å². The van der Waals surface area contributed by atoms with Gasteiger partial charge >= 0.3 is 0 Å². The average molecular weight is 151 g/mol. The van der Waals surface area contributed by atoms with E-state index in [9.17, 15) is 0 Å². The molecule has 1 heterocycles. The molecule has 0 saturated heterocycles. The second-order valence-electron chi connectivity index (χ2n) is 3.65. The summed E-state index contributed by atoms with van der Waals surface area (Å²) in [4.78, 5) is 4.59. The molecule has 0 aliphatic carbocycles. The molecule has 1 rings (SSSR count). The Hall–Kier alpha value is -0.590. The summed E-state index contributed by atoms with van der Waals surface area (Å²) in [6.07, 6.45) is 0. The Bertz CT molecular complexity index is 221. The number of rotatable bonds is 1. The fraction of sp³-hybridized carbons (Fsp3) is 0.700. The zero-order valence-electron chi connectivity index (χ0n) is 8.10. The van der Waals surface area contributed by atoms with Crippen LogP contribution in [-0.2, 0) is 0 Å². The van der Waals surface area contributed by atoms with Gasteiger partial charge < -0.3 is 0 Å². The monoisotopic (exact) mass is 151 g/mol. The lowest BCUT2D eigenvalue weighted by Crippen LogP contribution is -2.06. The second-order valence-corrected chi connectivity index (χ2v) is 3.65. The molecule has 1 unspecified atom stereocenters. The Morgan fingerprint density at radius 3 is 2.00 bits per heavy atom. The van der Waals surface area contributed by atoms with E-state index in [2.05, 4.69) is 39.6 Å². The van der Waals surface area contributed by atoms with E-state index < -0.39 is 0 Å². The fourth-order valence-electron chi connectivity index (χ4n) is 1.50. The molecule has 62 valence electrons. The highest BCUT2D eigenvalue weighted by molar-refractivity contribution is 6.03. The molecule has 0 aromatic rings. The van der Waals surface area contributed by atoms with Crippen LogP contribution >= 0.6 is 0 Å². The average Bonchev–Trinajstić information content (AvgIpc) is 2.17. The quantitative estimate of drug-likeness (QED) is 0.546. The molecular weight excluding hydrogens is 134 g/mol. The number of allylic oxidation sites excluding steroid dienone is 1. The van der Waals surface area contributed by atoms with Gasteiger partial charge in [0.25, 0.3) is 0 Å². The molecule has 0 radical (unpaired) electrons. The molecule has 11 heavy (non-hydrogen) atoms. The van der Waals surface area contributed by atoms with Crippen molar-refractivity contribution in [2.45, 2.75) is 40.7 Å². The molecule has 1 aliphatic rings. The largest absolute Gasteiger partial charge is 0.282 e. The van der Waals surface area contributed by atoms with E-state index in [1.54, 1.807) is 0 Å². The molecular formula is C10H17N. The third-order valence-corrected chi connectivity index (χ3v) is 2.48. The molecule has 0 bridgehead atoms. The second kappa shape index (κ2) is 2.80. The number of nitrogens with zero attached hydrogens (tertiary/aromatic N) is 1. The Kier molecular flexibility index (Phi) is 2.17. The normalized spacial score (nSPS) is 24.9. The molecule has 0 amide bonds.